The third kappa shape index (κ3) is 3.96. The predicted octanol–water partition coefficient (Wildman–Crippen LogP) is 1.20. The molecule has 2 amide bonds. The lowest BCUT2D eigenvalue weighted by molar-refractivity contribution is 0.0976. The predicted molar refractivity (Wildman–Crippen MR) is 57.2 cm³/mol. The van der Waals surface area contributed by atoms with E-state index in [-0.39, 0.29) is 12.6 Å². The maximum absolute atomic E-state index is 11.5. The molecule has 0 aromatic carbocycles. The van der Waals surface area contributed by atoms with Crippen LogP contribution in [0.1, 0.15) is 33.6 Å². The van der Waals surface area contributed by atoms with E-state index in [0.717, 1.165) is 12.8 Å². The molecule has 0 heterocycles. The topological polar surface area (TPSA) is 52.6 Å². The smallest absolute Gasteiger partial charge is 0.317 e. The first-order valence-electron chi connectivity index (χ1n) is 5.08. The van der Waals surface area contributed by atoms with E-state index in [1.165, 1.54) is 4.90 Å². The highest BCUT2D eigenvalue weighted by Gasteiger charge is 2.26. The van der Waals surface area contributed by atoms with Crippen molar-refractivity contribution in [2.45, 2.75) is 39.2 Å². The maximum Gasteiger partial charge on any atom is 0.317 e. The average molecular weight is 202 g/mol. The molecule has 0 atom stereocenters. The lowest BCUT2D eigenvalue weighted by atomic mass is 10.1. The molecule has 84 valence electrons. The van der Waals surface area contributed by atoms with Crippen LogP contribution in [-0.4, -0.2) is 41.8 Å². The van der Waals surface area contributed by atoms with Crippen LogP contribution in [0.5, 0.6) is 0 Å². The number of nitrogens with zero attached hydrogens (tertiary/aromatic N) is 1. The van der Waals surface area contributed by atoms with Crippen LogP contribution in [-0.2, 0) is 0 Å². The van der Waals surface area contributed by atoms with Gasteiger partial charge in [-0.3, -0.25) is 0 Å². The normalized spacial score (nSPS) is 11.2. The third-order valence-corrected chi connectivity index (χ3v) is 2.41. The molecule has 0 aliphatic carbocycles. The molecule has 14 heavy (non-hydrogen) atoms. The minimum atomic E-state index is -0.504. The fraction of sp³-hybridized carbons (Fsp3) is 0.900. The molecule has 0 aromatic heterocycles. The second-order valence-corrected chi connectivity index (χ2v) is 4.12. The molecule has 0 spiro atoms. The Balaban J connectivity index is 3.99. The lowest BCUT2D eigenvalue weighted by Gasteiger charge is -2.33. The number of aliphatic hydroxyl groups excluding tert-OH is 1. The van der Waals surface area contributed by atoms with Crippen molar-refractivity contribution < 1.29 is 9.90 Å². The summed E-state index contributed by atoms with van der Waals surface area (Å²) in [5.41, 5.74) is -0.504. The summed E-state index contributed by atoms with van der Waals surface area (Å²) in [6, 6.07) is -0.127. The summed E-state index contributed by atoms with van der Waals surface area (Å²) in [6.45, 7) is 6.39. The summed E-state index contributed by atoms with van der Waals surface area (Å²) >= 11 is 0. The largest absolute Gasteiger partial charge is 0.394 e. The van der Waals surface area contributed by atoms with Crippen LogP contribution in [0, 0.1) is 0 Å². The van der Waals surface area contributed by atoms with E-state index < -0.39 is 5.54 Å². The number of unbranched alkanes of at least 4 members (excludes halogenated alkanes) is 1. The Morgan fingerprint density at radius 1 is 1.50 bits per heavy atom. The van der Waals surface area contributed by atoms with E-state index in [2.05, 4.69) is 12.2 Å². The summed E-state index contributed by atoms with van der Waals surface area (Å²) in [5.74, 6) is 0. The summed E-state index contributed by atoms with van der Waals surface area (Å²) < 4.78 is 0. The van der Waals surface area contributed by atoms with E-state index in [4.69, 9.17) is 5.11 Å². The molecule has 0 saturated carbocycles. The van der Waals surface area contributed by atoms with Gasteiger partial charge in [0.05, 0.1) is 12.1 Å². The molecule has 0 radical (unpaired) electrons. The van der Waals surface area contributed by atoms with E-state index in [1.54, 1.807) is 7.05 Å². The molecule has 4 heteroatoms. The van der Waals surface area contributed by atoms with Crippen molar-refractivity contribution in [2.24, 2.45) is 0 Å². The van der Waals surface area contributed by atoms with E-state index in [1.807, 2.05) is 13.8 Å². The van der Waals surface area contributed by atoms with Crippen molar-refractivity contribution in [3.05, 3.63) is 0 Å². The Labute approximate surface area is 86.3 Å². The Kier molecular flexibility index (Phi) is 5.53. The Morgan fingerprint density at radius 3 is 2.50 bits per heavy atom. The van der Waals surface area contributed by atoms with E-state index in [0.29, 0.717) is 6.54 Å². The number of hydrogen-bond donors (Lipinski definition) is 2. The molecule has 0 aromatic rings. The maximum atomic E-state index is 11.5. The van der Waals surface area contributed by atoms with Gasteiger partial charge in [-0.25, -0.2) is 4.79 Å². The highest BCUT2D eigenvalue weighted by molar-refractivity contribution is 5.74. The number of urea groups is 1. The molecule has 0 saturated heterocycles. The molecule has 0 aliphatic rings. The fourth-order valence-electron chi connectivity index (χ4n) is 0.872. The number of aliphatic hydroxyl groups is 1. The van der Waals surface area contributed by atoms with E-state index >= 15 is 0 Å². The van der Waals surface area contributed by atoms with Gasteiger partial charge in [-0.05, 0) is 20.3 Å². The molecular formula is C10H22N2O2. The van der Waals surface area contributed by atoms with Crippen molar-refractivity contribution >= 4 is 6.03 Å². The first kappa shape index (κ1) is 13.2. The third-order valence-electron chi connectivity index (χ3n) is 2.41. The zero-order chi connectivity index (χ0) is 11.2. The van der Waals surface area contributed by atoms with Gasteiger partial charge in [0.25, 0.3) is 0 Å². The van der Waals surface area contributed by atoms with Gasteiger partial charge >= 0.3 is 6.03 Å². The number of amides is 2. The van der Waals surface area contributed by atoms with Gasteiger partial charge in [0.2, 0.25) is 0 Å². The van der Waals surface area contributed by atoms with Crippen molar-refractivity contribution in [1.29, 1.82) is 0 Å². The highest BCUT2D eigenvalue weighted by Crippen LogP contribution is 2.10. The van der Waals surface area contributed by atoms with Gasteiger partial charge < -0.3 is 15.3 Å². The molecule has 0 bridgehead atoms. The number of hydrogen-bond acceptors (Lipinski definition) is 2. The molecule has 0 fully saturated rings. The van der Waals surface area contributed by atoms with Crippen LogP contribution < -0.4 is 5.32 Å². The minimum Gasteiger partial charge on any atom is -0.394 e. The molecule has 2 N–H and O–H groups in total. The highest BCUT2D eigenvalue weighted by atomic mass is 16.3. The molecule has 0 unspecified atom stereocenters. The standard InChI is InChI=1S/C10H22N2O2/c1-5-6-7-11-9(14)12(4)10(2,3)8-13/h13H,5-8H2,1-4H3,(H,11,14). The molecule has 0 rings (SSSR count). The number of nitrogens with one attached hydrogen (secondary N) is 1. The van der Waals surface area contributed by atoms with E-state index in [9.17, 15) is 4.79 Å². The molecular weight excluding hydrogens is 180 g/mol. The van der Waals surface area contributed by atoms with Crippen LogP contribution >= 0.6 is 0 Å². The van der Waals surface area contributed by atoms with Gasteiger partial charge in [-0.15, -0.1) is 0 Å². The lowest BCUT2D eigenvalue weighted by Crippen LogP contribution is -2.51. The van der Waals surface area contributed by atoms with Gasteiger partial charge in [0.1, 0.15) is 0 Å². The molecule has 4 nitrogen and oxygen atoms in total. The number of carbonyl (C=O) groups is 1. The first-order chi connectivity index (χ1) is 6.45. The number of rotatable bonds is 5. The van der Waals surface area contributed by atoms with Crippen molar-refractivity contribution in [1.82, 2.24) is 10.2 Å². The van der Waals surface area contributed by atoms with Gasteiger partial charge in [-0.2, -0.15) is 0 Å². The SMILES string of the molecule is CCCCNC(=O)N(C)C(C)(C)CO. The average Bonchev–Trinajstić information content (AvgIpc) is 2.17. The first-order valence-corrected chi connectivity index (χ1v) is 5.08. The Bertz CT molecular complexity index is 181. The van der Waals surface area contributed by atoms with Crippen LogP contribution in [0.2, 0.25) is 0 Å². The Hall–Kier alpha value is -0.770. The summed E-state index contributed by atoms with van der Waals surface area (Å²) in [4.78, 5) is 13.1. The van der Waals surface area contributed by atoms with Crippen LogP contribution in [0.4, 0.5) is 4.79 Å². The van der Waals surface area contributed by atoms with Crippen LogP contribution in [0.25, 0.3) is 0 Å². The van der Waals surface area contributed by atoms with Crippen LogP contribution in [0.3, 0.4) is 0 Å². The second-order valence-electron chi connectivity index (χ2n) is 4.12. The molecule has 0 aliphatic heterocycles. The second kappa shape index (κ2) is 5.86. The number of likely N-dealkylation sites (N-methyl/N-ethyl adjacent to an activating group) is 1. The zero-order valence-electron chi connectivity index (χ0n) is 9.63. The number of carbonyl (C=O) groups excluding carboxylic acids is 1. The van der Waals surface area contributed by atoms with Crippen molar-refractivity contribution in [2.75, 3.05) is 20.2 Å². The Morgan fingerprint density at radius 2 is 2.07 bits per heavy atom. The fourth-order valence-corrected chi connectivity index (χ4v) is 0.872. The van der Waals surface area contributed by atoms with Gasteiger partial charge in [0.15, 0.2) is 0 Å². The zero-order valence-corrected chi connectivity index (χ0v) is 9.63. The summed E-state index contributed by atoms with van der Waals surface area (Å²) in [6.07, 6.45) is 2.05. The summed E-state index contributed by atoms with van der Waals surface area (Å²) in [7, 11) is 1.69. The minimum absolute atomic E-state index is 0.0370. The quantitative estimate of drug-likeness (QED) is 0.658. The summed E-state index contributed by atoms with van der Waals surface area (Å²) in [5, 5.41) is 11.9. The van der Waals surface area contributed by atoms with Crippen molar-refractivity contribution in [3.63, 3.8) is 0 Å². The monoisotopic (exact) mass is 202 g/mol. The van der Waals surface area contributed by atoms with Crippen LogP contribution in [0.15, 0.2) is 0 Å². The van der Waals surface area contributed by atoms with Gasteiger partial charge in [0, 0.05) is 13.6 Å². The van der Waals surface area contributed by atoms with Crippen molar-refractivity contribution in [3.8, 4) is 0 Å². The van der Waals surface area contributed by atoms with Gasteiger partial charge in [-0.1, -0.05) is 13.3 Å².